The van der Waals surface area contributed by atoms with Gasteiger partial charge in [-0.1, -0.05) is 0 Å². The van der Waals surface area contributed by atoms with Gasteiger partial charge in [0, 0.05) is 44.0 Å². The molecule has 3 rings (SSSR count). The number of carbonyl (C=O) groups excluding carboxylic acids is 1. The summed E-state index contributed by atoms with van der Waals surface area (Å²) in [6.07, 6.45) is 6.74. The maximum Gasteiger partial charge on any atom is 0.271 e. The molecular weight excluding hydrogens is 284 g/mol. The number of nitrogens with zero attached hydrogens (tertiary/aromatic N) is 3. The van der Waals surface area contributed by atoms with Gasteiger partial charge in [-0.15, -0.1) is 0 Å². The normalized spacial score (nSPS) is 28.3. The smallest absolute Gasteiger partial charge is 0.271 e. The Bertz CT molecular complexity index is 497. The number of nitrogens with one attached hydrogen (secondary N) is 1. The summed E-state index contributed by atoms with van der Waals surface area (Å²) in [6.45, 7) is 3.03. The molecule has 2 fully saturated rings. The molecule has 22 heavy (non-hydrogen) atoms. The van der Waals surface area contributed by atoms with E-state index in [2.05, 4.69) is 20.2 Å². The number of aromatic nitrogens is 2. The summed E-state index contributed by atoms with van der Waals surface area (Å²) in [5.41, 5.74) is 0.337. The van der Waals surface area contributed by atoms with Crippen molar-refractivity contribution in [3.63, 3.8) is 0 Å². The van der Waals surface area contributed by atoms with Gasteiger partial charge in [-0.05, 0) is 12.8 Å². The summed E-state index contributed by atoms with van der Waals surface area (Å²) in [5.74, 6) is 0.117. The van der Waals surface area contributed by atoms with Crippen LogP contribution < -0.4 is 5.32 Å². The van der Waals surface area contributed by atoms with Crippen LogP contribution in [0.1, 0.15) is 23.3 Å². The minimum Gasteiger partial charge on any atom is -0.395 e. The molecule has 7 nitrogen and oxygen atoms in total. The Morgan fingerprint density at radius 2 is 2.36 bits per heavy atom. The zero-order valence-electron chi connectivity index (χ0n) is 12.5. The Balaban J connectivity index is 1.54. The Kier molecular flexibility index (Phi) is 4.97. The Morgan fingerprint density at radius 1 is 1.45 bits per heavy atom. The van der Waals surface area contributed by atoms with E-state index in [4.69, 9.17) is 9.84 Å². The summed E-state index contributed by atoms with van der Waals surface area (Å²) in [4.78, 5) is 22.2. The standard InChI is InChI=1S/C15H22N4O3/c20-7-5-19-6-8-22-14-11(1-2-13(14)19)9-18-15(21)12-10-16-3-4-17-12/h3-4,10-11,13-14,20H,1-2,5-9H2,(H,18,21)/t11-,13-,14+/m0/s1. The average Bonchev–Trinajstić information content (AvgIpc) is 2.98. The van der Waals surface area contributed by atoms with E-state index in [1.54, 1.807) is 6.20 Å². The highest BCUT2D eigenvalue weighted by Gasteiger charge is 2.42. The first kappa shape index (κ1) is 15.3. The van der Waals surface area contributed by atoms with Gasteiger partial charge in [0.2, 0.25) is 0 Å². The zero-order valence-corrected chi connectivity index (χ0v) is 12.5. The van der Waals surface area contributed by atoms with Crippen molar-refractivity contribution in [2.45, 2.75) is 25.0 Å². The van der Waals surface area contributed by atoms with Crippen LogP contribution in [0.3, 0.4) is 0 Å². The fourth-order valence-electron chi connectivity index (χ4n) is 3.49. The van der Waals surface area contributed by atoms with Crippen LogP contribution in [0.15, 0.2) is 18.6 Å². The van der Waals surface area contributed by atoms with E-state index in [0.717, 1.165) is 19.4 Å². The number of fused-ring (bicyclic) bond motifs is 1. The van der Waals surface area contributed by atoms with Crippen molar-refractivity contribution in [3.05, 3.63) is 24.3 Å². The molecule has 2 aliphatic rings. The third-order valence-electron chi connectivity index (χ3n) is 4.54. The van der Waals surface area contributed by atoms with Crippen LogP contribution in [0.5, 0.6) is 0 Å². The number of aliphatic hydroxyl groups excluding tert-OH is 1. The topological polar surface area (TPSA) is 87.6 Å². The molecule has 1 aromatic rings. The number of rotatable bonds is 5. The lowest BCUT2D eigenvalue weighted by molar-refractivity contribution is -0.0757. The quantitative estimate of drug-likeness (QED) is 0.775. The fraction of sp³-hybridized carbons (Fsp3) is 0.667. The van der Waals surface area contributed by atoms with Gasteiger partial charge in [-0.3, -0.25) is 14.7 Å². The number of ether oxygens (including phenoxy) is 1. The molecule has 0 unspecified atom stereocenters. The van der Waals surface area contributed by atoms with Gasteiger partial charge in [0.25, 0.3) is 5.91 Å². The van der Waals surface area contributed by atoms with Crippen LogP contribution in [0, 0.1) is 5.92 Å². The number of aliphatic hydroxyl groups is 1. The van der Waals surface area contributed by atoms with Crippen molar-refractivity contribution in [2.75, 3.05) is 32.8 Å². The van der Waals surface area contributed by atoms with Crippen LogP contribution in [-0.4, -0.2) is 70.9 Å². The molecule has 120 valence electrons. The predicted molar refractivity (Wildman–Crippen MR) is 79.3 cm³/mol. The van der Waals surface area contributed by atoms with E-state index in [9.17, 15) is 4.79 Å². The van der Waals surface area contributed by atoms with Crippen molar-refractivity contribution in [1.29, 1.82) is 0 Å². The van der Waals surface area contributed by atoms with Gasteiger partial charge < -0.3 is 15.2 Å². The maximum atomic E-state index is 12.0. The van der Waals surface area contributed by atoms with Crippen LogP contribution in [0.4, 0.5) is 0 Å². The lowest BCUT2D eigenvalue weighted by atomic mass is 10.0. The summed E-state index contributed by atoms with van der Waals surface area (Å²) < 4.78 is 5.93. The Morgan fingerprint density at radius 3 is 3.14 bits per heavy atom. The fourth-order valence-corrected chi connectivity index (χ4v) is 3.49. The molecule has 1 saturated carbocycles. The number of carbonyl (C=O) groups is 1. The van der Waals surface area contributed by atoms with Crippen LogP contribution in [-0.2, 0) is 4.74 Å². The van der Waals surface area contributed by atoms with Crippen LogP contribution in [0.25, 0.3) is 0 Å². The van der Waals surface area contributed by atoms with Gasteiger partial charge in [-0.2, -0.15) is 0 Å². The van der Waals surface area contributed by atoms with E-state index in [1.807, 2.05) is 0 Å². The summed E-state index contributed by atoms with van der Waals surface area (Å²) in [5, 5.41) is 12.1. The average molecular weight is 306 g/mol. The molecular formula is C15H22N4O3. The third kappa shape index (κ3) is 3.26. The first-order valence-corrected chi connectivity index (χ1v) is 7.80. The van der Waals surface area contributed by atoms with E-state index < -0.39 is 0 Å². The monoisotopic (exact) mass is 306 g/mol. The summed E-state index contributed by atoms with van der Waals surface area (Å²) >= 11 is 0. The molecule has 0 radical (unpaired) electrons. The number of amides is 1. The summed E-state index contributed by atoms with van der Waals surface area (Å²) in [7, 11) is 0. The highest BCUT2D eigenvalue weighted by atomic mass is 16.5. The first-order chi connectivity index (χ1) is 10.8. The SMILES string of the molecule is O=C(NC[C@@H]1CC[C@H]2[C@@H]1OCCN2CCO)c1cnccn1. The second-order valence-electron chi connectivity index (χ2n) is 5.80. The molecule has 0 aromatic carbocycles. The van der Waals surface area contributed by atoms with E-state index in [1.165, 1.54) is 12.4 Å². The largest absolute Gasteiger partial charge is 0.395 e. The highest BCUT2D eigenvalue weighted by Crippen LogP contribution is 2.34. The number of β-amino-alcohol motifs (C(OH)–C–C–N with tert-alkyl or cyclic N) is 1. The third-order valence-corrected chi connectivity index (χ3v) is 4.54. The van der Waals surface area contributed by atoms with Crippen LogP contribution >= 0.6 is 0 Å². The molecule has 2 N–H and O–H groups in total. The number of morpholine rings is 1. The van der Waals surface area contributed by atoms with Crippen molar-refractivity contribution in [3.8, 4) is 0 Å². The minimum atomic E-state index is -0.195. The molecule has 0 spiro atoms. The number of hydrogen-bond acceptors (Lipinski definition) is 6. The second-order valence-corrected chi connectivity index (χ2v) is 5.80. The van der Waals surface area contributed by atoms with Gasteiger partial charge in [0.05, 0.1) is 25.5 Å². The molecule has 1 aliphatic carbocycles. The van der Waals surface area contributed by atoms with Crippen molar-refractivity contribution >= 4 is 5.91 Å². The molecule has 1 aliphatic heterocycles. The molecule has 2 heterocycles. The van der Waals surface area contributed by atoms with Gasteiger partial charge >= 0.3 is 0 Å². The molecule has 1 amide bonds. The van der Waals surface area contributed by atoms with Crippen LogP contribution in [0.2, 0.25) is 0 Å². The molecule has 3 atom stereocenters. The van der Waals surface area contributed by atoms with Gasteiger partial charge in [-0.25, -0.2) is 4.98 Å². The molecule has 7 heteroatoms. The lowest BCUT2D eigenvalue weighted by Crippen LogP contribution is -2.52. The van der Waals surface area contributed by atoms with E-state index >= 15 is 0 Å². The van der Waals surface area contributed by atoms with Crippen molar-refractivity contribution in [2.24, 2.45) is 5.92 Å². The van der Waals surface area contributed by atoms with E-state index in [-0.39, 0.29) is 18.6 Å². The maximum absolute atomic E-state index is 12.0. The number of hydrogen-bond donors (Lipinski definition) is 2. The minimum absolute atomic E-state index is 0.141. The van der Waals surface area contributed by atoms with Crippen molar-refractivity contribution < 1.29 is 14.6 Å². The molecule has 0 bridgehead atoms. The summed E-state index contributed by atoms with van der Waals surface area (Å²) in [6, 6.07) is 0.360. The molecule has 1 aromatic heterocycles. The highest BCUT2D eigenvalue weighted by molar-refractivity contribution is 5.91. The van der Waals surface area contributed by atoms with Gasteiger partial charge in [0.15, 0.2) is 0 Å². The van der Waals surface area contributed by atoms with E-state index in [0.29, 0.717) is 37.4 Å². The lowest BCUT2D eigenvalue weighted by Gasteiger charge is -2.39. The molecule has 1 saturated heterocycles. The zero-order chi connectivity index (χ0) is 15.4. The van der Waals surface area contributed by atoms with Gasteiger partial charge in [0.1, 0.15) is 5.69 Å². The second kappa shape index (κ2) is 7.13. The predicted octanol–water partition coefficient (Wildman–Crippen LogP) is -0.322. The van der Waals surface area contributed by atoms with Crippen molar-refractivity contribution in [1.82, 2.24) is 20.2 Å². The first-order valence-electron chi connectivity index (χ1n) is 7.80. The Labute approximate surface area is 129 Å². The Hall–Kier alpha value is -1.57.